The second-order valence-corrected chi connectivity index (χ2v) is 8.92. The molecule has 2 N–H and O–H groups in total. The summed E-state index contributed by atoms with van der Waals surface area (Å²) in [7, 11) is -1.12. The molecule has 168 valence electrons. The highest BCUT2D eigenvalue weighted by atomic mass is 32.2. The van der Waals surface area contributed by atoms with Gasteiger partial charge in [0.25, 0.3) is 0 Å². The third-order valence-corrected chi connectivity index (χ3v) is 6.34. The van der Waals surface area contributed by atoms with Crippen molar-refractivity contribution >= 4 is 21.6 Å². The van der Waals surface area contributed by atoms with Gasteiger partial charge in [-0.1, -0.05) is 42.5 Å². The van der Waals surface area contributed by atoms with Gasteiger partial charge in [0.1, 0.15) is 22.4 Å². The highest BCUT2D eigenvalue weighted by molar-refractivity contribution is 7.89. The summed E-state index contributed by atoms with van der Waals surface area (Å²) in [6.45, 7) is 1.79. The predicted molar refractivity (Wildman–Crippen MR) is 124 cm³/mol. The van der Waals surface area contributed by atoms with E-state index in [1.165, 1.54) is 20.3 Å². The molecular formula is C24H26N2O5S. The van der Waals surface area contributed by atoms with Gasteiger partial charge in [-0.3, -0.25) is 4.79 Å². The molecule has 0 fully saturated rings. The van der Waals surface area contributed by atoms with Crippen LogP contribution in [-0.4, -0.2) is 34.6 Å². The average Bonchev–Trinajstić information content (AvgIpc) is 2.79. The van der Waals surface area contributed by atoms with Crippen molar-refractivity contribution in [2.45, 2.75) is 24.3 Å². The minimum atomic E-state index is -4.06. The maximum atomic E-state index is 13.2. The summed E-state index contributed by atoms with van der Waals surface area (Å²) in [4.78, 5) is 13.1. The van der Waals surface area contributed by atoms with Crippen LogP contribution in [0.1, 0.15) is 11.1 Å². The predicted octanol–water partition coefficient (Wildman–Crippen LogP) is 3.54. The Morgan fingerprint density at radius 1 is 0.938 bits per heavy atom. The molecule has 3 aromatic carbocycles. The molecule has 0 radical (unpaired) electrons. The van der Waals surface area contributed by atoms with Crippen molar-refractivity contribution in [2.24, 2.45) is 0 Å². The van der Waals surface area contributed by atoms with Crippen LogP contribution in [0, 0.1) is 6.92 Å². The molecule has 0 aromatic heterocycles. The molecule has 0 aliphatic carbocycles. The Hall–Kier alpha value is -3.36. The summed E-state index contributed by atoms with van der Waals surface area (Å²) in [5.41, 5.74) is 2.07. The highest BCUT2D eigenvalue weighted by Gasteiger charge is 2.28. The van der Waals surface area contributed by atoms with E-state index in [9.17, 15) is 13.2 Å². The highest BCUT2D eigenvalue weighted by Crippen LogP contribution is 2.25. The maximum absolute atomic E-state index is 13.2. The fraction of sp³-hybridized carbons (Fsp3) is 0.208. The van der Waals surface area contributed by atoms with Crippen LogP contribution in [0.3, 0.4) is 0 Å². The number of aryl methyl sites for hydroxylation is 1. The smallest absolute Gasteiger partial charge is 0.245 e. The third-order valence-electron chi connectivity index (χ3n) is 4.84. The number of rotatable bonds is 9. The van der Waals surface area contributed by atoms with Crippen LogP contribution >= 0.6 is 0 Å². The van der Waals surface area contributed by atoms with Gasteiger partial charge in [0.05, 0.1) is 14.2 Å². The van der Waals surface area contributed by atoms with Crippen molar-refractivity contribution < 1.29 is 22.7 Å². The maximum Gasteiger partial charge on any atom is 0.245 e. The van der Waals surface area contributed by atoms with Crippen LogP contribution in [0.25, 0.3) is 0 Å². The van der Waals surface area contributed by atoms with E-state index in [4.69, 9.17) is 9.47 Å². The minimum absolute atomic E-state index is 0.0211. The van der Waals surface area contributed by atoms with E-state index in [-0.39, 0.29) is 17.1 Å². The normalized spacial score (nSPS) is 12.1. The standard InChI is InChI=1S/C24H26N2O5S/c1-17-12-13-22(31-3)23(14-17)32(28,29)26-21(15-18-8-5-4-6-9-18)24(27)25-19-10-7-11-20(16-19)30-2/h4-14,16,21,26H,15H2,1-3H3,(H,25,27)/t21-/m0/s1. The van der Waals surface area contributed by atoms with Gasteiger partial charge < -0.3 is 14.8 Å². The van der Waals surface area contributed by atoms with E-state index in [0.29, 0.717) is 11.4 Å². The van der Waals surface area contributed by atoms with Crippen molar-refractivity contribution in [3.05, 3.63) is 83.9 Å². The molecule has 0 saturated heterocycles. The number of ether oxygens (including phenoxy) is 2. The lowest BCUT2D eigenvalue weighted by atomic mass is 10.1. The largest absolute Gasteiger partial charge is 0.497 e. The second-order valence-electron chi connectivity index (χ2n) is 7.24. The summed E-state index contributed by atoms with van der Waals surface area (Å²) >= 11 is 0. The van der Waals surface area contributed by atoms with Crippen molar-refractivity contribution in [3.8, 4) is 11.5 Å². The molecule has 0 heterocycles. The van der Waals surface area contributed by atoms with E-state index in [1.807, 2.05) is 30.3 Å². The fourth-order valence-corrected chi connectivity index (χ4v) is 4.66. The topological polar surface area (TPSA) is 93.7 Å². The monoisotopic (exact) mass is 454 g/mol. The molecule has 0 aliphatic heterocycles. The van der Waals surface area contributed by atoms with Gasteiger partial charge in [-0.15, -0.1) is 0 Å². The van der Waals surface area contributed by atoms with Gasteiger partial charge in [0.2, 0.25) is 15.9 Å². The number of nitrogens with one attached hydrogen (secondary N) is 2. The van der Waals surface area contributed by atoms with Crippen molar-refractivity contribution in [3.63, 3.8) is 0 Å². The molecule has 0 spiro atoms. The zero-order chi connectivity index (χ0) is 23.1. The first-order chi connectivity index (χ1) is 15.3. The second kappa shape index (κ2) is 10.3. The summed E-state index contributed by atoms with van der Waals surface area (Å²) in [5, 5.41) is 2.77. The Bertz CT molecular complexity index is 1180. The molecule has 3 aromatic rings. The third kappa shape index (κ3) is 5.87. The molecule has 0 unspecified atom stereocenters. The molecule has 1 atom stereocenters. The van der Waals surface area contributed by atoms with Crippen LogP contribution in [0.15, 0.2) is 77.7 Å². The van der Waals surface area contributed by atoms with E-state index in [2.05, 4.69) is 10.0 Å². The van der Waals surface area contributed by atoms with Crippen molar-refractivity contribution in [1.82, 2.24) is 4.72 Å². The fourth-order valence-electron chi connectivity index (χ4n) is 3.21. The number of anilines is 1. The Labute approximate surface area is 188 Å². The lowest BCUT2D eigenvalue weighted by molar-refractivity contribution is -0.117. The number of hydrogen-bond donors (Lipinski definition) is 2. The van der Waals surface area contributed by atoms with Gasteiger partial charge in [0.15, 0.2) is 0 Å². The zero-order valence-corrected chi connectivity index (χ0v) is 19.0. The van der Waals surface area contributed by atoms with Crippen LogP contribution < -0.4 is 19.5 Å². The quantitative estimate of drug-likeness (QED) is 0.516. The molecule has 32 heavy (non-hydrogen) atoms. The molecule has 7 nitrogen and oxygen atoms in total. The number of benzene rings is 3. The molecule has 0 bridgehead atoms. The first-order valence-corrected chi connectivity index (χ1v) is 11.5. The first-order valence-electron chi connectivity index (χ1n) is 9.98. The Morgan fingerprint density at radius 3 is 2.38 bits per heavy atom. The summed E-state index contributed by atoms with van der Waals surface area (Å²) in [6.07, 6.45) is 0.171. The number of methoxy groups -OCH3 is 2. The van der Waals surface area contributed by atoms with Gasteiger partial charge in [-0.2, -0.15) is 4.72 Å². The van der Waals surface area contributed by atoms with Crippen LogP contribution in [0.2, 0.25) is 0 Å². The van der Waals surface area contributed by atoms with Crippen LogP contribution in [0.4, 0.5) is 5.69 Å². The number of hydrogen-bond acceptors (Lipinski definition) is 5. The molecule has 0 saturated carbocycles. The van der Waals surface area contributed by atoms with Gasteiger partial charge in [0, 0.05) is 11.8 Å². The minimum Gasteiger partial charge on any atom is -0.497 e. The Balaban J connectivity index is 1.92. The van der Waals surface area contributed by atoms with Crippen molar-refractivity contribution in [1.29, 1.82) is 0 Å². The number of carbonyl (C=O) groups excluding carboxylic acids is 1. The molecule has 8 heteroatoms. The lowest BCUT2D eigenvalue weighted by Gasteiger charge is -2.20. The summed E-state index contributed by atoms with van der Waals surface area (Å²) < 4.78 is 39.4. The van der Waals surface area contributed by atoms with E-state index in [1.54, 1.807) is 43.3 Å². The van der Waals surface area contributed by atoms with E-state index < -0.39 is 22.0 Å². The average molecular weight is 455 g/mol. The first kappa shape index (κ1) is 23.3. The van der Waals surface area contributed by atoms with Crippen LogP contribution in [-0.2, 0) is 21.2 Å². The lowest BCUT2D eigenvalue weighted by Crippen LogP contribution is -2.45. The Morgan fingerprint density at radius 2 is 1.69 bits per heavy atom. The SMILES string of the molecule is COc1cccc(NC(=O)[C@H](Cc2ccccc2)NS(=O)(=O)c2cc(C)ccc2OC)c1. The van der Waals surface area contributed by atoms with Crippen molar-refractivity contribution in [2.75, 3.05) is 19.5 Å². The Kier molecular flexibility index (Phi) is 7.50. The number of amides is 1. The van der Waals surface area contributed by atoms with Gasteiger partial charge >= 0.3 is 0 Å². The molecule has 0 aliphatic rings. The van der Waals surface area contributed by atoms with Crippen LogP contribution in [0.5, 0.6) is 11.5 Å². The van der Waals surface area contributed by atoms with E-state index >= 15 is 0 Å². The van der Waals surface area contributed by atoms with Gasteiger partial charge in [-0.05, 0) is 48.7 Å². The van der Waals surface area contributed by atoms with E-state index in [0.717, 1.165) is 11.1 Å². The zero-order valence-electron chi connectivity index (χ0n) is 18.2. The summed E-state index contributed by atoms with van der Waals surface area (Å²) in [6, 6.07) is 19.9. The molecular weight excluding hydrogens is 428 g/mol. The summed E-state index contributed by atoms with van der Waals surface area (Å²) in [5.74, 6) is 0.291. The number of sulfonamides is 1. The molecule has 3 rings (SSSR count). The number of carbonyl (C=O) groups is 1. The van der Waals surface area contributed by atoms with Gasteiger partial charge in [-0.25, -0.2) is 8.42 Å². The molecule has 1 amide bonds.